The van der Waals surface area contributed by atoms with E-state index in [0.717, 1.165) is 11.1 Å². The maximum Gasteiger partial charge on any atom is 0.320 e. The first kappa shape index (κ1) is 17.6. The standard InChI is InChI=1S/C18H21N3O3/c1-13(22)21-16-4-2-3-15(11-16)12-20-17(18(23)24)6-5-14-7-9-19-10-8-14/h2-4,7-11,17,20H,5-6,12H2,1H3,(H,21,22)(H,23,24). The summed E-state index contributed by atoms with van der Waals surface area (Å²) in [6.07, 6.45) is 4.56. The van der Waals surface area contributed by atoms with Gasteiger partial charge in [0.25, 0.3) is 0 Å². The van der Waals surface area contributed by atoms with Crippen LogP contribution in [0.1, 0.15) is 24.5 Å². The summed E-state index contributed by atoms with van der Waals surface area (Å²) in [5.41, 5.74) is 2.67. The van der Waals surface area contributed by atoms with E-state index in [0.29, 0.717) is 25.1 Å². The SMILES string of the molecule is CC(=O)Nc1cccc(CNC(CCc2ccncc2)C(=O)O)c1. The van der Waals surface area contributed by atoms with Crippen LogP contribution in [0.5, 0.6) is 0 Å². The maximum absolute atomic E-state index is 11.4. The van der Waals surface area contributed by atoms with Crippen molar-refractivity contribution in [3.05, 3.63) is 59.9 Å². The largest absolute Gasteiger partial charge is 0.480 e. The molecule has 1 aromatic heterocycles. The third-order valence-corrected chi connectivity index (χ3v) is 3.57. The highest BCUT2D eigenvalue weighted by atomic mass is 16.4. The Labute approximate surface area is 140 Å². The van der Waals surface area contributed by atoms with Gasteiger partial charge in [0.1, 0.15) is 6.04 Å². The number of hydrogen-bond donors (Lipinski definition) is 3. The number of amides is 1. The summed E-state index contributed by atoms with van der Waals surface area (Å²) < 4.78 is 0. The molecule has 0 radical (unpaired) electrons. The van der Waals surface area contributed by atoms with Crippen LogP contribution in [-0.4, -0.2) is 28.0 Å². The van der Waals surface area contributed by atoms with Crippen molar-refractivity contribution < 1.29 is 14.7 Å². The summed E-state index contributed by atoms with van der Waals surface area (Å²) in [7, 11) is 0. The molecule has 0 aliphatic rings. The number of carboxylic acids is 1. The number of nitrogens with zero attached hydrogens (tertiary/aromatic N) is 1. The third kappa shape index (κ3) is 5.81. The van der Waals surface area contributed by atoms with Crippen molar-refractivity contribution >= 4 is 17.6 Å². The predicted octanol–water partition coefficient (Wildman–Crippen LogP) is 2.22. The van der Waals surface area contributed by atoms with E-state index >= 15 is 0 Å². The molecule has 6 heteroatoms. The Morgan fingerprint density at radius 2 is 1.92 bits per heavy atom. The van der Waals surface area contributed by atoms with Crippen molar-refractivity contribution in [2.75, 3.05) is 5.32 Å². The molecule has 0 bridgehead atoms. The fourth-order valence-electron chi connectivity index (χ4n) is 2.38. The zero-order valence-electron chi connectivity index (χ0n) is 13.5. The number of aromatic nitrogens is 1. The summed E-state index contributed by atoms with van der Waals surface area (Å²) in [6, 6.07) is 10.5. The van der Waals surface area contributed by atoms with E-state index in [2.05, 4.69) is 15.6 Å². The van der Waals surface area contributed by atoms with Crippen LogP contribution >= 0.6 is 0 Å². The fourth-order valence-corrected chi connectivity index (χ4v) is 2.38. The van der Waals surface area contributed by atoms with Gasteiger partial charge in [0, 0.05) is 31.5 Å². The van der Waals surface area contributed by atoms with Crippen LogP contribution in [-0.2, 0) is 22.6 Å². The van der Waals surface area contributed by atoms with Gasteiger partial charge in [0.2, 0.25) is 5.91 Å². The van der Waals surface area contributed by atoms with Gasteiger partial charge in [-0.25, -0.2) is 0 Å². The van der Waals surface area contributed by atoms with Crippen LogP contribution in [0.4, 0.5) is 5.69 Å². The van der Waals surface area contributed by atoms with E-state index in [1.165, 1.54) is 6.92 Å². The Hall–Kier alpha value is -2.73. The van der Waals surface area contributed by atoms with Crippen LogP contribution in [0.3, 0.4) is 0 Å². The number of aryl methyl sites for hydroxylation is 1. The summed E-state index contributed by atoms with van der Waals surface area (Å²) in [6.45, 7) is 1.87. The van der Waals surface area contributed by atoms with E-state index in [-0.39, 0.29) is 5.91 Å². The Balaban J connectivity index is 1.91. The van der Waals surface area contributed by atoms with Gasteiger partial charge in [-0.15, -0.1) is 0 Å². The van der Waals surface area contributed by atoms with Gasteiger partial charge in [-0.3, -0.25) is 14.6 Å². The second-order valence-corrected chi connectivity index (χ2v) is 5.55. The molecule has 6 nitrogen and oxygen atoms in total. The van der Waals surface area contributed by atoms with Crippen LogP contribution in [0.2, 0.25) is 0 Å². The summed E-state index contributed by atoms with van der Waals surface area (Å²) in [5, 5.41) is 15.1. The molecule has 2 rings (SSSR count). The van der Waals surface area contributed by atoms with Crippen molar-refractivity contribution in [1.82, 2.24) is 10.3 Å². The molecule has 1 heterocycles. The van der Waals surface area contributed by atoms with Gasteiger partial charge < -0.3 is 15.7 Å². The molecule has 0 aliphatic carbocycles. The molecular weight excluding hydrogens is 306 g/mol. The van der Waals surface area contributed by atoms with Gasteiger partial charge in [0.05, 0.1) is 0 Å². The smallest absolute Gasteiger partial charge is 0.320 e. The number of carbonyl (C=O) groups is 2. The Morgan fingerprint density at radius 1 is 1.17 bits per heavy atom. The molecule has 1 amide bonds. The molecule has 0 saturated carbocycles. The highest BCUT2D eigenvalue weighted by Gasteiger charge is 2.16. The molecule has 0 fully saturated rings. The van der Waals surface area contributed by atoms with Gasteiger partial charge >= 0.3 is 5.97 Å². The number of rotatable bonds is 8. The molecule has 1 atom stereocenters. The van der Waals surface area contributed by atoms with E-state index in [4.69, 9.17) is 0 Å². The minimum absolute atomic E-state index is 0.138. The maximum atomic E-state index is 11.4. The molecule has 0 spiro atoms. The van der Waals surface area contributed by atoms with Gasteiger partial charge in [-0.1, -0.05) is 12.1 Å². The zero-order valence-corrected chi connectivity index (χ0v) is 13.5. The molecular formula is C18H21N3O3. The number of carboxylic acid groups (broad SMARTS) is 1. The van der Waals surface area contributed by atoms with Crippen molar-refractivity contribution in [2.24, 2.45) is 0 Å². The number of benzene rings is 1. The van der Waals surface area contributed by atoms with Crippen LogP contribution < -0.4 is 10.6 Å². The first-order valence-corrected chi connectivity index (χ1v) is 7.76. The minimum Gasteiger partial charge on any atom is -0.480 e. The average Bonchev–Trinajstić information content (AvgIpc) is 2.55. The van der Waals surface area contributed by atoms with Crippen LogP contribution in [0.25, 0.3) is 0 Å². The van der Waals surface area contributed by atoms with Crippen LogP contribution in [0, 0.1) is 0 Å². The van der Waals surface area contributed by atoms with E-state index in [1.807, 2.05) is 30.3 Å². The lowest BCUT2D eigenvalue weighted by Gasteiger charge is -2.15. The molecule has 3 N–H and O–H groups in total. The van der Waals surface area contributed by atoms with Crippen molar-refractivity contribution in [2.45, 2.75) is 32.4 Å². The molecule has 0 saturated heterocycles. The number of hydrogen-bond acceptors (Lipinski definition) is 4. The van der Waals surface area contributed by atoms with Crippen LogP contribution in [0.15, 0.2) is 48.8 Å². The zero-order chi connectivity index (χ0) is 17.4. The summed E-state index contributed by atoms with van der Waals surface area (Å²) >= 11 is 0. The number of aliphatic carboxylic acids is 1. The Kier molecular flexibility index (Phi) is 6.45. The van der Waals surface area contributed by atoms with Gasteiger partial charge in [-0.05, 0) is 48.2 Å². The second-order valence-electron chi connectivity index (χ2n) is 5.55. The average molecular weight is 327 g/mol. The van der Waals surface area contributed by atoms with Crippen molar-refractivity contribution in [3.8, 4) is 0 Å². The number of anilines is 1. The van der Waals surface area contributed by atoms with E-state index < -0.39 is 12.0 Å². The molecule has 24 heavy (non-hydrogen) atoms. The second kappa shape index (κ2) is 8.79. The highest BCUT2D eigenvalue weighted by Crippen LogP contribution is 2.11. The van der Waals surface area contributed by atoms with Crippen molar-refractivity contribution in [1.29, 1.82) is 0 Å². The van der Waals surface area contributed by atoms with E-state index in [9.17, 15) is 14.7 Å². The number of pyridine rings is 1. The lowest BCUT2D eigenvalue weighted by Crippen LogP contribution is -2.36. The van der Waals surface area contributed by atoms with Crippen molar-refractivity contribution in [3.63, 3.8) is 0 Å². The Bertz CT molecular complexity index is 689. The molecule has 126 valence electrons. The molecule has 1 aromatic carbocycles. The van der Waals surface area contributed by atoms with Gasteiger partial charge in [0.15, 0.2) is 0 Å². The monoisotopic (exact) mass is 327 g/mol. The molecule has 1 unspecified atom stereocenters. The summed E-state index contributed by atoms with van der Waals surface area (Å²) in [4.78, 5) is 26.5. The van der Waals surface area contributed by atoms with E-state index in [1.54, 1.807) is 18.5 Å². The first-order chi connectivity index (χ1) is 11.5. The molecule has 2 aromatic rings. The lowest BCUT2D eigenvalue weighted by atomic mass is 10.1. The topological polar surface area (TPSA) is 91.3 Å². The summed E-state index contributed by atoms with van der Waals surface area (Å²) in [5.74, 6) is -1.01. The quantitative estimate of drug-likeness (QED) is 0.691. The third-order valence-electron chi connectivity index (χ3n) is 3.57. The predicted molar refractivity (Wildman–Crippen MR) is 91.6 cm³/mol. The first-order valence-electron chi connectivity index (χ1n) is 7.76. The minimum atomic E-state index is -0.873. The fraction of sp³-hybridized carbons (Fsp3) is 0.278. The lowest BCUT2D eigenvalue weighted by molar-refractivity contribution is -0.139. The van der Waals surface area contributed by atoms with Gasteiger partial charge in [-0.2, -0.15) is 0 Å². The number of carbonyl (C=O) groups excluding carboxylic acids is 1. The number of nitrogens with one attached hydrogen (secondary N) is 2. The normalized spacial score (nSPS) is 11.7. The molecule has 0 aliphatic heterocycles. The Morgan fingerprint density at radius 3 is 2.58 bits per heavy atom. The highest BCUT2D eigenvalue weighted by molar-refractivity contribution is 5.88.